The van der Waals surface area contributed by atoms with E-state index in [2.05, 4.69) is 55.5 Å². The molecule has 112 valence electrons. The molecule has 3 heteroatoms. The summed E-state index contributed by atoms with van der Waals surface area (Å²) in [5.74, 6) is 0. The third kappa shape index (κ3) is 2.27. The third-order valence-corrected chi connectivity index (χ3v) is 4.18. The fourth-order valence-corrected chi connectivity index (χ4v) is 2.93. The minimum Gasteiger partial charge on any atom is -0.396 e. The number of aryl methyl sites for hydroxylation is 1. The fourth-order valence-electron chi connectivity index (χ4n) is 2.93. The maximum Gasteiger partial charge on any atom is 0.160 e. The van der Waals surface area contributed by atoms with Crippen LogP contribution in [0.1, 0.15) is 5.69 Å². The number of benzene rings is 2. The van der Waals surface area contributed by atoms with Gasteiger partial charge in [-0.2, -0.15) is 0 Å². The van der Waals surface area contributed by atoms with Gasteiger partial charge in [0.2, 0.25) is 0 Å². The van der Waals surface area contributed by atoms with Crippen molar-refractivity contribution in [1.82, 2.24) is 9.38 Å². The molecule has 0 saturated heterocycles. The second-order valence-electron chi connectivity index (χ2n) is 5.65. The molecule has 4 rings (SSSR count). The zero-order chi connectivity index (χ0) is 15.8. The van der Waals surface area contributed by atoms with Crippen LogP contribution in [0.25, 0.3) is 28.0 Å². The maximum atomic E-state index is 6.03. The van der Waals surface area contributed by atoms with Crippen LogP contribution in [0, 0.1) is 6.92 Å². The summed E-state index contributed by atoms with van der Waals surface area (Å²) in [7, 11) is 0. The number of nitrogen functional groups attached to an aromatic ring is 1. The Bertz CT molecular complexity index is 967. The van der Waals surface area contributed by atoms with E-state index < -0.39 is 0 Å². The van der Waals surface area contributed by atoms with E-state index in [0.717, 1.165) is 22.6 Å². The van der Waals surface area contributed by atoms with Gasteiger partial charge in [-0.1, -0.05) is 54.6 Å². The molecule has 0 amide bonds. The maximum absolute atomic E-state index is 6.03. The first kappa shape index (κ1) is 13.6. The Labute approximate surface area is 135 Å². The smallest absolute Gasteiger partial charge is 0.160 e. The van der Waals surface area contributed by atoms with Gasteiger partial charge in [-0.05, 0) is 30.2 Å². The van der Waals surface area contributed by atoms with Crippen molar-refractivity contribution in [3.8, 4) is 22.4 Å². The van der Waals surface area contributed by atoms with E-state index in [9.17, 15) is 0 Å². The Morgan fingerprint density at radius 1 is 0.783 bits per heavy atom. The molecule has 23 heavy (non-hydrogen) atoms. The van der Waals surface area contributed by atoms with Gasteiger partial charge in [0, 0.05) is 17.5 Å². The first-order valence-corrected chi connectivity index (χ1v) is 7.63. The van der Waals surface area contributed by atoms with Gasteiger partial charge in [0.05, 0.1) is 11.4 Å². The summed E-state index contributed by atoms with van der Waals surface area (Å²) in [5, 5.41) is 0. The van der Waals surface area contributed by atoms with Gasteiger partial charge in [-0.15, -0.1) is 0 Å². The predicted molar refractivity (Wildman–Crippen MR) is 95.2 cm³/mol. The lowest BCUT2D eigenvalue weighted by molar-refractivity contribution is 1.11. The lowest BCUT2D eigenvalue weighted by Crippen LogP contribution is -1.92. The van der Waals surface area contributed by atoms with Gasteiger partial charge >= 0.3 is 0 Å². The molecule has 0 radical (unpaired) electrons. The highest BCUT2D eigenvalue weighted by molar-refractivity contribution is 5.75. The summed E-state index contributed by atoms with van der Waals surface area (Å²) in [6.07, 6.45) is 2.00. The first-order valence-electron chi connectivity index (χ1n) is 7.63. The van der Waals surface area contributed by atoms with E-state index in [1.165, 1.54) is 11.1 Å². The van der Waals surface area contributed by atoms with E-state index in [4.69, 9.17) is 10.7 Å². The molecule has 0 aliphatic heterocycles. The summed E-state index contributed by atoms with van der Waals surface area (Å²) in [6.45, 7) is 2.07. The number of hydrogen-bond donors (Lipinski definition) is 1. The minimum absolute atomic E-state index is 0.697. The number of anilines is 1. The van der Waals surface area contributed by atoms with Gasteiger partial charge in [-0.25, -0.2) is 4.98 Å². The van der Waals surface area contributed by atoms with Crippen LogP contribution in [-0.4, -0.2) is 9.38 Å². The molecule has 0 saturated carbocycles. The Morgan fingerprint density at radius 2 is 1.43 bits per heavy atom. The van der Waals surface area contributed by atoms with Crippen molar-refractivity contribution in [2.45, 2.75) is 6.92 Å². The van der Waals surface area contributed by atoms with Crippen LogP contribution in [0.2, 0.25) is 0 Å². The second-order valence-corrected chi connectivity index (χ2v) is 5.65. The fraction of sp³-hybridized carbons (Fsp3) is 0.0500. The molecule has 2 aromatic heterocycles. The number of nitrogens with two attached hydrogens (primary N) is 1. The Hall–Kier alpha value is -3.07. The number of imidazole rings is 1. The van der Waals surface area contributed by atoms with E-state index in [1.807, 2.05) is 28.8 Å². The van der Waals surface area contributed by atoms with E-state index in [-0.39, 0.29) is 0 Å². The van der Waals surface area contributed by atoms with Crippen molar-refractivity contribution in [3.05, 3.63) is 78.6 Å². The molecule has 3 nitrogen and oxygen atoms in total. The largest absolute Gasteiger partial charge is 0.396 e. The monoisotopic (exact) mass is 299 g/mol. The van der Waals surface area contributed by atoms with Crippen LogP contribution in [0.4, 0.5) is 5.69 Å². The van der Waals surface area contributed by atoms with E-state index >= 15 is 0 Å². The molecule has 2 N–H and O–H groups in total. The number of pyridine rings is 1. The van der Waals surface area contributed by atoms with Gasteiger partial charge < -0.3 is 10.1 Å². The van der Waals surface area contributed by atoms with Crippen molar-refractivity contribution in [1.29, 1.82) is 0 Å². The van der Waals surface area contributed by atoms with Gasteiger partial charge in [-0.3, -0.25) is 0 Å². The summed E-state index contributed by atoms with van der Waals surface area (Å²) < 4.78 is 2.04. The summed E-state index contributed by atoms with van der Waals surface area (Å²) in [5.41, 5.74) is 13.1. The van der Waals surface area contributed by atoms with Gasteiger partial charge in [0.1, 0.15) is 0 Å². The number of aromatic nitrogens is 2. The van der Waals surface area contributed by atoms with Crippen molar-refractivity contribution in [2.75, 3.05) is 5.73 Å². The molecular weight excluding hydrogens is 282 g/mol. The van der Waals surface area contributed by atoms with Crippen molar-refractivity contribution >= 4 is 11.3 Å². The van der Waals surface area contributed by atoms with Crippen LogP contribution in [0.5, 0.6) is 0 Å². The summed E-state index contributed by atoms with van der Waals surface area (Å²) >= 11 is 0. The highest BCUT2D eigenvalue weighted by atomic mass is 15.0. The minimum atomic E-state index is 0.697. The molecule has 2 heterocycles. The standard InChI is InChI=1S/C20H17N3/c1-14-19(22-20-18(21)8-5-13-23(14)20)17-11-9-16(10-12-17)15-6-3-2-4-7-15/h2-13H,21H2,1H3. The Balaban J connectivity index is 1.80. The highest BCUT2D eigenvalue weighted by Crippen LogP contribution is 2.28. The Morgan fingerprint density at radius 3 is 2.13 bits per heavy atom. The summed E-state index contributed by atoms with van der Waals surface area (Å²) in [4.78, 5) is 4.72. The second kappa shape index (κ2) is 5.29. The lowest BCUT2D eigenvalue weighted by atomic mass is 10.0. The van der Waals surface area contributed by atoms with Gasteiger partial charge in [0.25, 0.3) is 0 Å². The molecule has 4 aromatic rings. The number of rotatable bonds is 2. The van der Waals surface area contributed by atoms with Crippen LogP contribution in [-0.2, 0) is 0 Å². The molecule has 0 fully saturated rings. The predicted octanol–water partition coefficient (Wildman–Crippen LogP) is 4.56. The molecule has 2 aromatic carbocycles. The molecule has 0 unspecified atom stereocenters. The average Bonchev–Trinajstić information content (AvgIpc) is 2.94. The first-order chi connectivity index (χ1) is 11.2. The molecule has 0 aliphatic rings. The molecule has 0 spiro atoms. The topological polar surface area (TPSA) is 43.3 Å². The molecular formula is C20H17N3. The number of hydrogen-bond acceptors (Lipinski definition) is 2. The molecule has 0 aliphatic carbocycles. The normalized spacial score (nSPS) is 11.0. The summed E-state index contributed by atoms with van der Waals surface area (Å²) in [6, 6.07) is 22.7. The zero-order valence-corrected chi connectivity index (χ0v) is 12.9. The van der Waals surface area contributed by atoms with Crippen LogP contribution in [0.3, 0.4) is 0 Å². The Kier molecular flexibility index (Phi) is 3.12. The molecule has 0 bridgehead atoms. The van der Waals surface area contributed by atoms with Gasteiger partial charge in [0.15, 0.2) is 5.65 Å². The van der Waals surface area contributed by atoms with Crippen molar-refractivity contribution < 1.29 is 0 Å². The number of nitrogens with zero attached hydrogens (tertiary/aromatic N) is 2. The SMILES string of the molecule is Cc1c(-c2ccc(-c3ccccc3)cc2)nc2c(N)cccn12. The average molecular weight is 299 g/mol. The van der Waals surface area contributed by atoms with Crippen LogP contribution in [0.15, 0.2) is 72.9 Å². The third-order valence-electron chi connectivity index (χ3n) is 4.18. The van der Waals surface area contributed by atoms with Crippen LogP contribution < -0.4 is 5.73 Å². The van der Waals surface area contributed by atoms with E-state index in [0.29, 0.717) is 5.69 Å². The van der Waals surface area contributed by atoms with Crippen LogP contribution >= 0.6 is 0 Å². The molecule has 0 atom stereocenters. The highest BCUT2D eigenvalue weighted by Gasteiger charge is 2.11. The van der Waals surface area contributed by atoms with E-state index in [1.54, 1.807) is 0 Å². The number of fused-ring (bicyclic) bond motifs is 1. The zero-order valence-electron chi connectivity index (χ0n) is 12.9. The van der Waals surface area contributed by atoms with Crippen molar-refractivity contribution in [3.63, 3.8) is 0 Å². The quantitative estimate of drug-likeness (QED) is 0.589. The van der Waals surface area contributed by atoms with Crippen molar-refractivity contribution in [2.24, 2.45) is 0 Å². The lowest BCUT2D eigenvalue weighted by Gasteiger charge is -2.04.